The fourth-order valence-corrected chi connectivity index (χ4v) is 4.60. The Morgan fingerprint density at radius 3 is 2.22 bits per heavy atom. The number of rotatable bonds is 6. The van der Waals surface area contributed by atoms with Gasteiger partial charge in [0.1, 0.15) is 0 Å². The van der Waals surface area contributed by atoms with Crippen molar-refractivity contribution >= 4 is 17.8 Å². The minimum absolute atomic E-state index is 0.0448. The predicted octanol–water partition coefficient (Wildman–Crippen LogP) is 2.28. The summed E-state index contributed by atoms with van der Waals surface area (Å²) in [6, 6.07) is 10.9. The van der Waals surface area contributed by atoms with Crippen molar-refractivity contribution in [1.82, 2.24) is 20.4 Å². The van der Waals surface area contributed by atoms with E-state index < -0.39 is 0 Å². The lowest BCUT2D eigenvalue weighted by atomic mass is 9.90. The van der Waals surface area contributed by atoms with Crippen LogP contribution < -0.4 is 10.6 Å². The van der Waals surface area contributed by atoms with Gasteiger partial charge in [-0.25, -0.2) is 0 Å². The van der Waals surface area contributed by atoms with Crippen LogP contribution in [0.2, 0.25) is 0 Å². The van der Waals surface area contributed by atoms with Gasteiger partial charge in [0, 0.05) is 45.2 Å². The molecule has 0 spiro atoms. The lowest BCUT2D eigenvalue weighted by Gasteiger charge is -2.34. The SMILES string of the molecule is CN=C(NCC(=O)N1CCC(Cc2ccccc2)CC1)NC1CCN(C(=O)C(C)C)CC1. The summed E-state index contributed by atoms with van der Waals surface area (Å²) in [5, 5.41) is 6.60. The number of amides is 2. The van der Waals surface area contributed by atoms with Crippen LogP contribution in [0.25, 0.3) is 0 Å². The molecular formula is C25H39N5O2. The normalized spacial score (nSPS) is 18.7. The Kier molecular flexibility index (Phi) is 8.94. The number of guanidine groups is 1. The van der Waals surface area contributed by atoms with Gasteiger partial charge in [-0.15, -0.1) is 0 Å². The van der Waals surface area contributed by atoms with Gasteiger partial charge in [0.25, 0.3) is 0 Å². The van der Waals surface area contributed by atoms with Crippen LogP contribution >= 0.6 is 0 Å². The maximum absolute atomic E-state index is 12.7. The number of likely N-dealkylation sites (tertiary alicyclic amines) is 2. The monoisotopic (exact) mass is 441 g/mol. The van der Waals surface area contributed by atoms with Crippen LogP contribution in [0.5, 0.6) is 0 Å². The molecule has 0 aliphatic carbocycles. The molecule has 2 N–H and O–H groups in total. The second-order valence-corrected chi connectivity index (χ2v) is 9.34. The first-order valence-electron chi connectivity index (χ1n) is 12.0. The highest BCUT2D eigenvalue weighted by Gasteiger charge is 2.26. The van der Waals surface area contributed by atoms with Gasteiger partial charge in [0.05, 0.1) is 6.54 Å². The van der Waals surface area contributed by atoms with Crippen LogP contribution in [0, 0.1) is 11.8 Å². The lowest BCUT2D eigenvalue weighted by Crippen LogP contribution is -2.52. The first kappa shape index (κ1) is 24.1. The van der Waals surface area contributed by atoms with Gasteiger partial charge < -0.3 is 20.4 Å². The summed E-state index contributed by atoms with van der Waals surface area (Å²) in [7, 11) is 1.73. The summed E-state index contributed by atoms with van der Waals surface area (Å²) in [5.74, 6) is 1.71. The summed E-state index contributed by atoms with van der Waals surface area (Å²) < 4.78 is 0. The number of piperidine rings is 2. The highest BCUT2D eigenvalue weighted by Crippen LogP contribution is 2.21. The zero-order chi connectivity index (χ0) is 22.9. The van der Waals surface area contributed by atoms with E-state index in [0.29, 0.717) is 11.9 Å². The average molecular weight is 442 g/mol. The zero-order valence-electron chi connectivity index (χ0n) is 19.8. The third kappa shape index (κ3) is 6.97. The van der Waals surface area contributed by atoms with Crippen LogP contribution in [0.1, 0.15) is 45.1 Å². The molecule has 0 saturated carbocycles. The Labute approximate surface area is 192 Å². The molecule has 2 saturated heterocycles. The van der Waals surface area contributed by atoms with Crippen molar-refractivity contribution in [2.45, 2.75) is 52.0 Å². The molecule has 2 aliphatic heterocycles. The van der Waals surface area contributed by atoms with Crippen LogP contribution in [0.15, 0.2) is 35.3 Å². The van der Waals surface area contributed by atoms with E-state index in [4.69, 9.17) is 0 Å². The second kappa shape index (κ2) is 11.9. The Balaban J connectivity index is 1.35. The number of nitrogens with zero attached hydrogens (tertiary/aromatic N) is 3. The second-order valence-electron chi connectivity index (χ2n) is 9.34. The molecule has 1 aromatic rings. The third-order valence-electron chi connectivity index (χ3n) is 6.61. The molecule has 2 amide bonds. The first-order chi connectivity index (χ1) is 15.5. The summed E-state index contributed by atoms with van der Waals surface area (Å²) in [6.45, 7) is 7.33. The largest absolute Gasteiger partial charge is 0.354 e. The van der Waals surface area contributed by atoms with Gasteiger partial charge >= 0.3 is 0 Å². The fourth-order valence-electron chi connectivity index (χ4n) is 4.60. The minimum atomic E-state index is 0.0448. The lowest BCUT2D eigenvalue weighted by molar-refractivity contribution is -0.135. The smallest absolute Gasteiger partial charge is 0.241 e. The van der Waals surface area contributed by atoms with Crippen LogP contribution in [-0.2, 0) is 16.0 Å². The molecule has 7 heteroatoms. The van der Waals surface area contributed by atoms with Crippen LogP contribution in [0.4, 0.5) is 0 Å². The van der Waals surface area contributed by atoms with Crippen molar-refractivity contribution in [3.8, 4) is 0 Å². The molecule has 32 heavy (non-hydrogen) atoms. The maximum Gasteiger partial charge on any atom is 0.241 e. The number of benzene rings is 1. The van der Waals surface area contributed by atoms with Gasteiger partial charge in [-0.05, 0) is 43.6 Å². The van der Waals surface area contributed by atoms with Crippen molar-refractivity contribution in [2.75, 3.05) is 39.8 Å². The topological polar surface area (TPSA) is 77.0 Å². The molecule has 7 nitrogen and oxygen atoms in total. The van der Waals surface area contributed by atoms with E-state index >= 15 is 0 Å². The number of hydrogen-bond donors (Lipinski definition) is 2. The summed E-state index contributed by atoms with van der Waals surface area (Å²) in [4.78, 5) is 33.0. The Bertz CT molecular complexity index is 764. The van der Waals surface area contributed by atoms with Crippen molar-refractivity contribution in [2.24, 2.45) is 16.8 Å². The molecule has 3 rings (SSSR count). The maximum atomic E-state index is 12.7. The van der Waals surface area contributed by atoms with Crippen molar-refractivity contribution < 1.29 is 9.59 Å². The standard InChI is InChI=1S/C25H39N5O2/c1-19(2)24(32)30-15-11-22(12-16-30)28-25(26-3)27-18-23(31)29-13-9-21(10-14-29)17-20-7-5-4-6-8-20/h4-8,19,21-22H,9-18H2,1-3H3,(H2,26,27,28). The van der Waals surface area contributed by atoms with E-state index in [1.807, 2.05) is 23.6 Å². The van der Waals surface area contributed by atoms with E-state index in [2.05, 4.69) is 46.0 Å². The highest BCUT2D eigenvalue weighted by atomic mass is 16.2. The first-order valence-corrected chi connectivity index (χ1v) is 12.0. The molecule has 176 valence electrons. The minimum Gasteiger partial charge on any atom is -0.354 e. The van der Waals surface area contributed by atoms with Crippen LogP contribution in [-0.4, -0.2) is 73.4 Å². The Morgan fingerprint density at radius 2 is 1.62 bits per heavy atom. The molecule has 0 atom stereocenters. The quantitative estimate of drug-likeness (QED) is 0.525. The fraction of sp³-hybridized carbons (Fsp3) is 0.640. The number of aliphatic imine (C=N–C) groups is 1. The molecule has 1 aromatic carbocycles. The van der Waals surface area contributed by atoms with E-state index in [1.165, 1.54) is 5.56 Å². The summed E-state index contributed by atoms with van der Waals surface area (Å²) in [5.41, 5.74) is 1.38. The molecule has 0 aromatic heterocycles. The molecule has 0 radical (unpaired) electrons. The number of nitrogens with one attached hydrogen (secondary N) is 2. The molecule has 2 fully saturated rings. The van der Waals surface area contributed by atoms with Crippen molar-refractivity contribution in [3.63, 3.8) is 0 Å². The molecule has 2 aliphatic rings. The van der Waals surface area contributed by atoms with Crippen molar-refractivity contribution in [3.05, 3.63) is 35.9 Å². The van der Waals surface area contributed by atoms with E-state index in [9.17, 15) is 9.59 Å². The Morgan fingerprint density at radius 1 is 1.00 bits per heavy atom. The van der Waals surface area contributed by atoms with Gasteiger partial charge in [0.15, 0.2) is 5.96 Å². The molecule has 2 heterocycles. The van der Waals surface area contributed by atoms with Gasteiger partial charge in [-0.3, -0.25) is 14.6 Å². The number of carbonyl (C=O) groups excluding carboxylic acids is 2. The summed E-state index contributed by atoms with van der Waals surface area (Å²) in [6.07, 6.45) is 4.99. The van der Waals surface area contributed by atoms with Gasteiger partial charge in [-0.2, -0.15) is 0 Å². The van der Waals surface area contributed by atoms with E-state index in [0.717, 1.165) is 58.3 Å². The third-order valence-corrected chi connectivity index (χ3v) is 6.61. The van der Waals surface area contributed by atoms with E-state index in [-0.39, 0.29) is 30.3 Å². The zero-order valence-corrected chi connectivity index (χ0v) is 19.8. The molecule has 0 unspecified atom stereocenters. The number of carbonyl (C=O) groups is 2. The summed E-state index contributed by atoms with van der Waals surface area (Å²) >= 11 is 0. The van der Waals surface area contributed by atoms with Crippen molar-refractivity contribution in [1.29, 1.82) is 0 Å². The Hall–Kier alpha value is -2.57. The molecular weight excluding hydrogens is 402 g/mol. The van der Waals surface area contributed by atoms with E-state index in [1.54, 1.807) is 7.05 Å². The highest BCUT2D eigenvalue weighted by molar-refractivity contribution is 5.86. The average Bonchev–Trinajstić information content (AvgIpc) is 2.82. The predicted molar refractivity (Wildman–Crippen MR) is 128 cm³/mol. The molecule has 0 bridgehead atoms. The van der Waals surface area contributed by atoms with Gasteiger partial charge in [-0.1, -0.05) is 44.2 Å². The number of hydrogen-bond acceptors (Lipinski definition) is 3. The van der Waals surface area contributed by atoms with Gasteiger partial charge in [0.2, 0.25) is 11.8 Å². The van der Waals surface area contributed by atoms with Crippen LogP contribution in [0.3, 0.4) is 0 Å².